The van der Waals surface area contributed by atoms with Gasteiger partial charge in [-0.05, 0) is 16.3 Å². The third kappa shape index (κ3) is 2.37. The lowest BCUT2D eigenvalue weighted by Crippen LogP contribution is -2.50. The van der Waals surface area contributed by atoms with E-state index in [4.69, 9.17) is 4.42 Å². The van der Waals surface area contributed by atoms with E-state index in [9.17, 15) is 5.11 Å². The monoisotopic (exact) mass is 276 g/mol. The van der Waals surface area contributed by atoms with Crippen LogP contribution in [-0.2, 0) is 6.42 Å². The van der Waals surface area contributed by atoms with E-state index in [1.54, 1.807) is 0 Å². The van der Waals surface area contributed by atoms with Crippen molar-refractivity contribution >= 4 is 24.2 Å². The predicted octanol–water partition coefficient (Wildman–Crippen LogP) is 3.68. The molecule has 3 heteroatoms. The number of hydrogen-bond donors (Lipinski definition) is 1. The van der Waals surface area contributed by atoms with Gasteiger partial charge in [0.15, 0.2) is 0 Å². The molecule has 2 nitrogen and oxygen atoms in total. The average molecular weight is 276 g/mol. The lowest BCUT2D eigenvalue weighted by atomic mass is 10.2. The molecule has 0 saturated heterocycles. The summed E-state index contributed by atoms with van der Waals surface area (Å²) < 4.78 is 6.00. The van der Waals surface area contributed by atoms with Crippen LogP contribution in [0.1, 0.15) is 26.5 Å². The van der Waals surface area contributed by atoms with E-state index in [0.717, 1.165) is 11.3 Å². The first-order chi connectivity index (χ1) is 8.79. The Balaban J connectivity index is 2.72. The normalized spacial score (nSPS) is 13.2. The first kappa shape index (κ1) is 14.3. The highest BCUT2D eigenvalue weighted by atomic mass is 28.3. The first-order valence-electron chi connectivity index (χ1n) is 6.91. The van der Waals surface area contributed by atoms with Gasteiger partial charge in [0.25, 0.3) is 0 Å². The number of benzene rings is 1. The third-order valence-electron chi connectivity index (χ3n) is 4.51. The second kappa shape index (κ2) is 4.80. The molecule has 1 aromatic carbocycles. The molecule has 19 heavy (non-hydrogen) atoms. The van der Waals surface area contributed by atoms with E-state index in [1.807, 2.05) is 12.1 Å². The van der Waals surface area contributed by atoms with Gasteiger partial charge in [0, 0.05) is 11.8 Å². The Hall–Kier alpha value is -1.06. The van der Waals surface area contributed by atoms with Crippen molar-refractivity contribution in [1.82, 2.24) is 0 Å². The van der Waals surface area contributed by atoms with Crippen LogP contribution in [0.5, 0.6) is 0 Å². The molecule has 0 spiro atoms. The number of furan rings is 1. The summed E-state index contributed by atoms with van der Waals surface area (Å²) in [4.78, 5) is 0. The molecule has 0 amide bonds. The van der Waals surface area contributed by atoms with E-state index < -0.39 is 8.07 Å². The lowest BCUT2D eigenvalue weighted by Gasteiger charge is -2.37. The van der Waals surface area contributed by atoms with Crippen molar-refractivity contribution in [3.63, 3.8) is 0 Å². The maximum atomic E-state index is 9.29. The summed E-state index contributed by atoms with van der Waals surface area (Å²) in [6, 6.07) is 8.24. The Morgan fingerprint density at radius 3 is 2.37 bits per heavy atom. The highest BCUT2D eigenvalue weighted by Crippen LogP contribution is 2.38. The van der Waals surface area contributed by atoms with Crippen LogP contribution >= 0.6 is 0 Å². The average Bonchev–Trinajstić information content (AvgIpc) is 2.66. The number of aliphatic hydroxyl groups excluding tert-OH is 1. The number of aliphatic hydroxyl groups is 1. The fourth-order valence-electron chi connectivity index (χ4n) is 2.43. The molecule has 104 valence electrons. The molecule has 1 N–H and O–H groups in total. The van der Waals surface area contributed by atoms with Crippen LogP contribution in [0, 0.1) is 0 Å². The number of fused-ring (bicyclic) bond motifs is 1. The fraction of sp³-hybridized carbons (Fsp3) is 0.500. The maximum Gasteiger partial charge on any atom is 0.134 e. The zero-order valence-corrected chi connectivity index (χ0v) is 13.6. The third-order valence-corrected chi connectivity index (χ3v) is 10.1. The van der Waals surface area contributed by atoms with E-state index in [-0.39, 0.29) is 11.6 Å². The van der Waals surface area contributed by atoms with Gasteiger partial charge in [0.1, 0.15) is 11.3 Å². The molecule has 2 aromatic rings. The standard InChI is InChI=1S/C16H24O2Si/c1-16(2,3)19(4,5)15-12-8-6-7-9-13(12)18-14(15)10-11-17/h6-9,17H,10-11H2,1-5H3. The Kier molecular flexibility index (Phi) is 3.62. The molecule has 2 rings (SSSR count). The zero-order valence-electron chi connectivity index (χ0n) is 12.6. The highest BCUT2D eigenvalue weighted by molar-refractivity contribution is 6.94. The second-order valence-electron chi connectivity index (χ2n) is 6.75. The summed E-state index contributed by atoms with van der Waals surface area (Å²) in [5.41, 5.74) is 0.950. The lowest BCUT2D eigenvalue weighted by molar-refractivity contribution is 0.290. The Labute approximate surface area is 116 Å². The maximum absolute atomic E-state index is 9.29. The molecule has 0 atom stereocenters. The van der Waals surface area contributed by atoms with E-state index in [2.05, 4.69) is 46.0 Å². The van der Waals surface area contributed by atoms with Crippen molar-refractivity contribution in [2.24, 2.45) is 0 Å². The largest absolute Gasteiger partial charge is 0.461 e. The minimum absolute atomic E-state index is 0.140. The molecular weight excluding hydrogens is 252 g/mol. The van der Waals surface area contributed by atoms with Crippen LogP contribution < -0.4 is 5.19 Å². The number of para-hydroxylation sites is 1. The number of hydrogen-bond acceptors (Lipinski definition) is 2. The Bertz CT molecular complexity index is 576. The van der Waals surface area contributed by atoms with Gasteiger partial charge in [-0.15, -0.1) is 0 Å². The molecule has 1 aromatic heterocycles. The van der Waals surface area contributed by atoms with Gasteiger partial charge in [-0.2, -0.15) is 0 Å². The van der Waals surface area contributed by atoms with Gasteiger partial charge < -0.3 is 9.52 Å². The van der Waals surface area contributed by atoms with Crippen molar-refractivity contribution in [2.45, 2.75) is 45.3 Å². The quantitative estimate of drug-likeness (QED) is 0.868. The molecule has 0 unspecified atom stereocenters. The fourth-order valence-corrected chi connectivity index (χ4v) is 4.94. The molecule has 0 aliphatic rings. The number of rotatable bonds is 3. The molecule has 0 radical (unpaired) electrons. The van der Waals surface area contributed by atoms with Gasteiger partial charge in [0.2, 0.25) is 0 Å². The summed E-state index contributed by atoms with van der Waals surface area (Å²) in [5, 5.41) is 12.2. The van der Waals surface area contributed by atoms with Crippen LogP contribution in [0.25, 0.3) is 11.0 Å². The van der Waals surface area contributed by atoms with Crippen molar-refractivity contribution in [3.05, 3.63) is 30.0 Å². The van der Waals surface area contributed by atoms with Crippen molar-refractivity contribution < 1.29 is 9.52 Å². The van der Waals surface area contributed by atoms with Crippen LogP contribution in [0.2, 0.25) is 18.1 Å². The summed E-state index contributed by atoms with van der Waals surface area (Å²) in [6.45, 7) is 11.9. The summed E-state index contributed by atoms with van der Waals surface area (Å²) in [7, 11) is -1.68. The zero-order chi connectivity index (χ0) is 14.3. The van der Waals surface area contributed by atoms with Crippen LogP contribution in [-0.4, -0.2) is 19.8 Å². The molecule has 0 bridgehead atoms. The van der Waals surface area contributed by atoms with Gasteiger partial charge in [-0.1, -0.05) is 52.1 Å². The second-order valence-corrected chi connectivity index (χ2v) is 12.0. The smallest absolute Gasteiger partial charge is 0.134 e. The van der Waals surface area contributed by atoms with Crippen LogP contribution in [0.15, 0.2) is 28.7 Å². The Morgan fingerprint density at radius 2 is 1.79 bits per heavy atom. The van der Waals surface area contributed by atoms with E-state index in [0.29, 0.717) is 6.42 Å². The minimum atomic E-state index is -1.68. The minimum Gasteiger partial charge on any atom is -0.461 e. The molecule has 1 heterocycles. The molecule has 0 aliphatic carbocycles. The van der Waals surface area contributed by atoms with Crippen molar-refractivity contribution in [1.29, 1.82) is 0 Å². The summed E-state index contributed by atoms with van der Waals surface area (Å²) >= 11 is 0. The van der Waals surface area contributed by atoms with Crippen molar-refractivity contribution in [2.75, 3.05) is 6.61 Å². The SMILES string of the molecule is CC(C)(C)[Si](C)(C)c1c(CCO)oc2ccccc12. The Morgan fingerprint density at radius 1 is 1.16 bits per heavy atom. The molecule has 0 fully saturated rings. The summed E-state index contributed by atoms with van der Waals surface area (Å²) in [6.07, 6.45) is 0.608. The topological polar surface area (TPSA) is 33.4 Å². The first-order valence-corrected chi connectivity index (χ1v) is 9.91. The van der Waals surface area contributed by atoms with Gasteiger partial charge in [0.05, 0.1) is 14.7 Å². The van der Waals surface area contributed by atoms with Crippen LogP contribution in [0.4, 0.5) is 0 Å². The molecule has 0 saturated carbocycles. The molecular formula is C16H24O2Si. The van der Waals surface area contributed by atoms with Gasteiger partial charge >= 0.3 is 0 Å². The van der Waals surface area contributed by atoms with Gasteiger partial charge in [-0.3, -0.25) is 0 Å². The molecule has 0 aliphatic heterocycles. The van der Waals surface area contributed by atoms with E-state index in [1.165, 1.54) is 10.6 Å². The summed E-state index contributed by atoms with van der Waals surface area (Å²) in [5.74, 6) is 0.982. The predicted molar refractivity (Wildman–Crippen MR) is 83.8 cm³/mol. The van der Waals surface area contributed by atoms with Gasteiger partial charge in [-0.25, -0.2) is 0 Å². The highest BCUT2D eigenvalue weighted by Gasteiger charge is 2.40. The van der Waals surface area contributed by atoms with Crippen molar-refractivity contribution in [3.8, 4) is 0 Å². The van der Waals surface area contributed by atoms with Crippen LogP contribution in [0.3, 0.4) is 0 Å². The van der Waals surface area contributed by atoms with E-state index >= 15 is 0 Å².